The Balaban J connectivity index is 1.32. The zero-order valence-corrected chi connectivity index (χ0v) is 41.9. The van der Waals surface area contributed by atoms with Gasteiger partial charge in [-0.05, 0) is 134 Å². The van der Waals surface area contributed by atoms with Crippen molar-refractivity contribution in [2.24, 2.45) is 0 Å². The van der Waals surface area contributed by atoms with E-state index in [2.05, 4.69) is 232 Å². The molecule has 0 saturated heterocycles. The molecular weight excluding hydrogens is 827 g/mol. The second-order valence-corrected chi connectivity index (χ2v) is 21.9. The maximum absolute atomic E-state index is 12.6. The first-order chi connectivity index (χ1) is 32.5. The summed E-state index contributed by atoms with van der Waals surface area (Å²) >= 11 is 0. The van der Waals surface area contributed by atoms with Crippen molar-refractivity contribution >= 4 is 11.0 Å². The molecule has 4 heteroatoms. The van der Waals surface area contributed by atoms with Crippen molar-refractivity contribution in [1.29, 1.82) is 0 Å². The van der Waals surface area contributed by atoms with Crippen LogP contribution in [0.15, 0.2) is 164 Å². The van der Waals surface area contributed by atoms with Crippen LogP contribution in [0.1, 0.15) is 111 Å². The molecule has 9 rings (SSSR count). The number of imidazole rings is 1. The van der Waals surface area contributed by atoms with Crippen molar-refractivity contribution in [2.45, 2.75) is 105 Å². The number of fused-ring (bicyclic) bond motifs is 1. The Kier molecular flexibility index (Phi) is 11.6. The predicted molar refractivity (Wildman–Crippen MR) is 288 cm³/mol. The van der Waals surface area contributed by atoms with Gasteiger partial charge in [-0.2, -0.15) is 0 Å². The van der Waals surface area contributed by atoms with E-state index < -0.39 is 5.89 Å². The third-order valence-electron chi connectivity index (χ3n) is 13.4. The lowest BCUT2D eigenvalue weighted by molar-refractivity contribution is 0.446. The van der Waals surface area contributed by atoms with E-state index in [1.807, 2.05) is 20.0 Å². The van der Waals surface area contributed by atoms with E-state index in [0.717, 1.165) is 94.7 Å². The molecule has 0 amide bonds. The van der Waals surface area contributed by atoms with Crippen LogP contribution in [-0.2, 0) is 16.2 Å². The molecule has 0 aliphatic heterocycles. The number of pyridine rings is 1. The Morgan fingerprint density at radius 1 is 0.515 bits per heavy atom. The summed E-state index contributed by atoms with van der Waals surface area (Å²) in [6.45, 7) is 25.9. The van der Waals surface area contributed by atoms with E-state index in [-0.39, 0.29) is 22.0 Å². The fourth-order valence-corrected chi connectivity index (χ4v) is 9.28. The number of phenolic OH excluding ortho intramolecular Hbond substituents is 1. The first-order valence-corrected chi connectivity index (χ1v) is 23.9. The average molecular weight is 893 g/mol. The number of aromatic hydroxyl groups is 1. The Bertz CT molecular complexity index is 3350. The Hall–Kier alpha value is -7.04. The van der Waals surface area contributed by atoms with Crippen LogP contribution in [-0.4, -0.2) is 19.6 Å². The lowest BCUT2D eigenvalue weighted by atomic mass is 9.79. The number of benzene rings is 7. The van der Waals surface area contributed by atoms with E-state index in [4.69, 9.17) is 11.3 Å². The summed E-state index contributed by atoms with van der Waals surface area (Å²) in [6.07, 6.45) is 1.89. The number of aromatic nitrogens is 3. The quantitative estimate of drug-likeness (QED) is 0.165. The molecule has 0 unspecified atom stereocenters. The van der Waals surface area contributed by atoms with E-state index in [0.29, 0.717) is 11.4 Å². The summed E-state index contributed by atoms with van der Waals surface area (Å²) in [5.74, 6) is 0.244. The van der Waals surface area contributed by atoms with Gasteiger partial charge in [0, 0.05) is 29.8 Å². The molecular formula is C64H65N3O. The van der Waals surface area contributed by atoms with E-state index in [1.165, 1.54) is 5.56 Å². The molecule has 0 aliphatic carbocycles. The molecule has 9 aromatic rings. The highest BCUT2D eigenvalue weighted by Gasteiger charge is 2.29. The minimum Gasteiger partial charge on any atom is -0.507 e. The standard InChI is InChI=1S/C64H65N3O/c1-40(2)42-22-24-44(25-23-42)46-31-32-65-56(37-46)49-35-47(43-17-14-13-15-18-43)34-48(36-49)52-19-16-20-58-59(52)66-61(54-38-51(63(7,8)9)39-55(60(54)68)64(10,11)12)67(58)57-30-21-41(3)33-53(57)45-26-28-50(29-27-45)62(4,5)6/h13-40,68H,1-12H3/i40D. The number of hydrogen-bond donors (Lipinski definition) is 1. The van der Waals surface area contributed by atoms with Crippen LogP contribution in [0, 0.1) is 6.92 Å². The number of hydrogen-bond acceptors (Lipinski definition) is 3. The fourth-order valence-electron chi connectivity index (χ4n) is 9.28. The molecule has 342 valence electrons. The van der Waals surface area contributed by atoms with Crippen molar-refractivity contribution in [3.05, 3.63) is 192 Å². The van der Waals surface area contributed by atoms with Gasteiger partial charge < -0.3 is 5.11 Å². The summed E-state index contributed by atoms with van der Waals surface area (Å²) < 4.78 is 10.8. The summed E-state index contributed by atoms with van der Waals surface area (Å²) in [4.78, 5) is 10.7. The van der Waals surface area contributed by atoms with Crippen molar-refractivity contribution in [3.8, 4) is 78.6 Å². The van der Waals surface area contributed by atoms with E-state index in [1.54, 1.807) is 0 Å². The van der Waals surface area contributed by atoms with Gasteiger partial charge in [-0.15, -0.1) is 0 Å². The van der Waals surface area contributed by atoms with Gasteiger partial charge in [0.15, 0.2) is 0 Å². The normalized spacial score (nSPS) is 12.7. The van der Waals surface area contributed by atoms with Crippen molar-refractivity contribution in [1.82, 2.24) is 14.5 Å². The number of rotatable bonds is 8. The van der Waals surface area contributed by atoms with Gasteiger partial charge in [0.05, 0.1) is 28.0 Å². The van der Waals surface area contributed by atoms with Crippen LogP contribution in [0.5, 0.6) is 5.75 Å². The minimum atomic E-state index is -0.678. The molecule has 0 spiro atoms. The fraction of sp³-hybridized carbons (Fsp3) is 0.250. The van der Waals surface area contributed by atoms with Gasteiger partial charge in [-0.25, -0.2) is 4.98 Å². The van der Waals surface area contributed by atoms with Gasteiger partial charge in [0.1, 0.15) is 11.6 Å². The summed E-state index contributed by atoms with van der Waals surface area (Å²) in [5.41, 5.74) is 18.7. The summed E-state index contributed by atoms with van der Waals surface area (Å²) in [5, 5.41) is 12.6. The SMILES string of the molecule is [2H]C(C)(C)c1ccc(-c2ccnc(-c3cc(-c4ccccc4)cc(-c4cccc5c4nc(-c4cc(C(C)(C)C)cc(C(C)(C)C)c4O)n5-c4ccc(C)cc4-c4ccc(C(C)(C)C)cc4)c3)c2)cc1. The molecule has 2 aromatic heterocycles. The molecule has 0 fully saturated rings. The third kappa shape index (κ3) is 9.05. The topological polar surface area (TPSA) is 50.9 Å². The maximum atomic E-state index is 12.6. The molecule has 68 heavy (non-hydrogen) atoms. The Morgan fingerprint density at radius 3 is 1.82 bits per heavy atom. The molecule has 0 bridgehead atoms. The average Bonchev–Trinajstić information content (AvgIpc) is 3.70. The van der Waals surface area contributed by atoms with Crippen molar-refractivity contribution in [2.75, 3.05) is 0 Å². The number of phenols is 1. The number of aryl methyl sites for hydroxylation is 1. The van der Waals surface area contributed by atoms with E-state index >= 15 is 0 Å². The summed E-state index contributed by atoms with van der Waals surface area (Å²) in [7, 11) is 0. The van der Waals surface area contributed by atoms with E-state index in [9.17, 15) is 5.11 Å². The van der Waals surface area contributed by atoms with Gasteiger partial charge in [-0.1, -0.05) is 185 Å². The molecule has 2 heterocycles. The molecule has 0 saturated carbocycles. The highest BCUT2D eigenvalue weighted by Crippen LogP contribution is 2.46. The van der Waals surface area contributed by atoms with Crippen molar-refractivity contribution in [3.63, 3.8) is 0 Å². The third-order valence-corrected chi connectivity index (χ3v) is 13.4. The second kappa shape index (κ2) is 17.6. The lowest BCUT2D eigenvalue weighted by Crippen LogP contribution is -2.17. The first kappa shape index (κ1) is 44.8. The van der Waals surface area contributed by atoms with Crippen LogP contribution in [0.3, 0.4) is 0 Å². The zero-order valence-electron chi connectivity index (χ0n) is 42.9. The molecule has 0 aliphatic rings. The van der Waals surface area contributed by atoms with Crippen LogP contribution in [0.4, 0.5) is 0 Å². The first-order valence-electron chi connectivity index (χ1n) is 24.4. The molecule has 1 N–H and O–H groups in total. The summed E-state index contributed by atoms with van der Waals surface area (Å²) in [6, 6.07) is 56.2. The predicted octanol–water partition coefficient (Wildman–Crippen LogP) is 17.5. The van der Waals surface area contributed by atoms with Gasteiger partial charge in [0.2, 0.25) is 0 Å². The molecule has 4 nitrogen and oxygen atoms in total. The lowest BCUT2D eigenvalue weighted by Gasteiger charge is -2.27. The number of nitrogens with zero attached hydrogens (tertiary/aromatic N) is 3. The smallest absolute Gasteiger partial charge is 0.149 e. The molecule has 7 aromatic carbocycles. The highest BCUT2D eigenvalue weighted by atomic mass is 16.3. The molecule has 0 radical (unpaired) electrons. The van der Waals surface area contributed by atoms with Gasteiger partial charge >= 0.3 is 0 Å². The largest absolute Gasteiger partial charge is 0.507 e. The van der Waals surface area contributed by atoms with Crippen LogP contribution < -0.4 is 0 Å². The van der Waals surface area contributed by atoms with Crippen LogP contribution >= 0.6 is 0 Å². The highest BCUT2D eigenvalue weighted by molar-refractivity contribution is 5.98. The molecule has 0 atom stereocenters. The van der Waals surface area contributed by atoms with Gasteiger partial charge in [-0.3, -0.25) is 9.55 Å². The zero-order chi connectivity index (χ0) is 49.2. The monoisotopic (exact) mass is 893 g/mol. The van der Waals surface area contributed by atoms with Gasteiger partial charge in [0.25, 0.3) is 0 Å². The maximum Gasteiger partial charge on any atom is 0.149 e. The van der Waals surface area contributed by atoms with Crippen molar-refractivity contribution < 1.29 is 6.48 Å². The van der Waals surface area contributed by atoms with Crippen LogP contribution in [0.25, 0.3) is 83.9 Å². The minimum absolute atomic E-state index is 0.0155. The second-order valence-electron chi connectivity index (χ2n) is 21.9. The van der Waals surface area contributed by atoms with Crippen LogP contribution in [0.2, 0.25) is 0 Å². The Labute approximate surface area is 405 Å². The Morgan fingerprint density at radius 2 is 1.16 bits per heavy atom. The number of para-hydroxylation sites is 1.